The maximum absolute atomic E-state index is 9.00. The zero-order chi connectivity index (χ0) is 6.28. The molecule has 0 atom stereocenters. The van der Waals surface area contributed by atoms with Gasteiger partial charge >= 0.3 is 23.4 Å². The molecule has 0 saturated heterocycles. The van der Waals surface area contributed by atoms with E-state index < -0.39 is 21.5 Å². The van der Waals surface area contributed by atoms with Crippen molar-refractivity contribution in [2.24, 2.45) is 0 Å². The Labute approximate surface area is 47.0 Å². The molecule has 0 unspecified atom stereocenters. The van der Waals surface area contributed by atoms with Crippen LogP contribution in [-0.4, -0.2) is 30.7 Å². The van der Waals surface area contributed by atoms with Crippen LogP contribution in [0, 0.1) is 0 Å². The van der Waals surface area contributed by atoms with Crippen molar-refractivity contribution >= 4 is 21.5 Å². The summed E-state index contributed by atoms with van der Waals surface area (Å²) in [7, 11) is 0. The van der Waals surface area contributed by atoms with Gasteiger partial charge in [0.25, 0.3) is 5.97 Å². The van der Waals surface area contributed by atoms with Crippen LogP contribution in [0.4, 0.5) is 0 Å². The molecule has 40 valence electrons. The third-order valence-corrected chi connectivity index (χ3v) is 0. The Balaban J connectivity index is 0. The molecule has 4 nitrogen and oxygen atoms in total. The Morgan fingerprint density at radius 1 is 1.71 bits per heavy atom. The van der Waals surface area contributed by atoms with Crippen molar-refractivity contribution in [3.63, 3.8) is 0 Å². The van der Waals surface area contributed by atoms with Gasteiger partial charge in [0, 0.05) is 6.92 Å². The molecule has 0 heterocycles. The molecule has 0 bridgehead atoms. The zero-order valence-corrected chi connectivity index (χ0v) is 4.94. The van der Waals surface area contributed by atoms with Crippen LogP contribution in [0.2, 0.25) is 0 Å². The van der Waals surface area contributed by atoms with Gasteiger partial charge < -0.3 is 5.11 Å². The van der Waals surface area contributed by atoms with E-state index >= 15 is 0 Å². The van der Waals surface area contributed by atoms with Gasteiger partial charge in [-0.3, -0.25) is 4.79 Å². The Morgan fingerprint density at radius 2 is 1.71 bits per heavy atom. The quantitative estimate of drug-likeness (QED) is 0.403. The van der Waals surface area contributed by atoms with E-state index in [4.69, 9.17) is 17.9 Å². The van der Waals surface area contributed by atoms with E-state index in [9.17, 15) is 0 Å². The number of rotatable bonds is 0. The molecule has 0 spiro atoms. The Morgan fingerprint density at radius 3 is 1.71 bits per heavy atom. The summed E-state index contributed by atoms with van der Waals surface area (Å²) >= 11 is -1.50. The Bertz CT molecular complexity index is 56.7. The van der Waals surface area contributed by atoms with E-state index in [1.807, 2.05) is 0 Å². The second-order valence-corrected chi connectivity index (χ2v) is 0.835. The van der Waals surface area contributed by atoms with Crippen molar-refractivity contribution in [3.05, 3.63) is 0 Å². The molecule has 0 fully saturated rings. The number of hydrogen-bond donors (Lipinski definition) is 2. The summed E-state index contributed by atoms with van der Waals surface area (Å²) in [5.41, 5.74) is 0. The predicted octanol–water partition coefficient (Wildman–Crippen LogP) is -0.966. The molecule has 0 aromatic carbocycles. The number of carboxylic acid groups (broad SMARTS) is 1. The maximum atomic E-state index is 9.00. The van der Waals surface area contributed by atoms with Crippen LogP contribution in [0.1, 0.15) is 6.92 Å². The molecular formula is C2H5AlO4. The van der Waals surface area contributed by atoms with Crippen LogP contribution >= 0.6 is 0 Å². The molecule has 5 heteroatoms. The molecule has 2 N–H and O–H groups in total. The van der Waals surface area contributed by atoms with E-state index in [0.29, 0.717) is 0 Å². The van der Waals surface area contributed by atoms with E-state index in [-0.39, 0.29) is 0 Å². The molecule has 0 aliphatic rings. The SMILES string of the molecule is CC(=O)O.[O]=[Al][OH]. The molecule has 0 aromatic rings. The minimum atomic E-state index is -1.50. The molecule has 0 rings (SSSR count). The third kappa shape index (κ3) is 460. The molecule has 0 aliphatic heterocycles. The minimum absolute atomic E-state index is 0.833. The van der Waals surface area contributed by atoms with E-state index in [1.54, 1.807) is 0 Å². The van der Waals surface area contributed by atoms with Crippen molar-refractivity contribution in [2.45, 2.75) is 6.92 Å². The van der Waals surface area contributed by atoms with E-state index in [1.165, 1.54) is 0 Å². The van der Waals surface area contributed by atoms with Crippen molar-refractivity contribution in [1.29, 1.82) is 0 Å². The van der Waals surface area contributed by atoms with Gasteiger partial charge in [0.2, 0.25) is 0 Å². The van der Waals surface area contributed by atoms with Crippen molar-refractivity contribution < 1.29 is 17.9 Å². The zero-order valence-electron chi connectivity index (χ0n) is 3.79. The number of carbonyl (C=O) groups is 1. The van der Waals surface area contributed by atoms with Gasteiger partial charge in [-0.2, -0.15) is 0 Å². The summed E-state index contributed by atoms with van der Waals surface area (Å²) in [4.78, 5) is 9.00. The fourth-order valence-corrected chi connectivity index (χ4v) is 0. The van der Waals surface area contributed by atoms with Gasteiger partial charge in [-0.05, 0) is 0 Å². The first-order valence-corrected chi connectivity index (χ1v) is 2.41. The van der Waals surface area contributed by atoms with Gasteiger partial charge in [0.1, 0.15) is 0 Å². The van der Waals surface area contributed by atoms with Crippen LogP contribution in [-0.2, 0) is 8.60 Å². The molecule has 0 radical (unpaired) electrons. The Kier molecular flexibility index (Phi) is 12.8. The number of hydrogen-bond acceptors (Lipinski definition) is 2. The van der Waals surface area contributed by atoms with Crippen molar-refractivity contribution in [3.8, 4) is 0 Å². The normalized spacial score (nSPS) is 4.71. The van der Waals surface area contributed by atoms with Gasteiger partial charge in [-0.1, -0.05) is 0 Å². The van der Waals surface area contributed by atoms with Crippen LogP contribution in [0.5, 0.6) is 0 Å². The topological polar surface area (TPSA) is 74.6 Å². The van der Waals surface area contributed by atoms with Gasteiger partial charge in [0.15, 0.2) is 0 Å². The van der Waals surface area contributed by atoms with Crippen molar-refractivity contribution in [2.75, 3.05) is 0 Å². The van der Waals surface area contributed by atoms with Crippen LogP contribution in [0.3, 0.4) is 0 Å². The molecule has 7 heavy (non-hydrogen) atoms. The summed E-state index contributed by atoms with van der Waals surface area (Å²) in [5.74, 6) is -0.833. The predicted molar refractivity (Wildman–Crippen MR) is 22.0 cm³/mol. The van der Waals surface area contributed by atoms with E-state index in [0.717, 1.165) is 6.92 Å². The molecule has 0 saturated carbocycles. The molecule has 0 aromatic heterocycles. The first kappa shape index (κ1) is 9.78. The Hall–Kier alpha value is -0.398. The van der Waals surface area contributed by atoms with Gasteiger partial charge in [0.05, 0.1) is 0 Å². The van der Waals surface area contributed by atoms with Gasteiger partial charge in [-0.25, -0.2) is 0 Å². The standard InChI is InChI=1S/C2H4O2.Al.H2O.O/c1-2(3)4;;;/h1H3,(H,3,4);;1H2;/q;+1;;/p-1. The fraction of sp³-hybridized carbons (Fsp3) is 0.500. The summed E-state index contributed by atoms with van der Waals surface area (Å²) in [6.45, 7) is 1.08. The summed E-state index contributed by atoms with van der Waals surface area (Å²) in [5, 5.41) is 7.42. The number of carboxylic acids is 1. The second-order valence-electron chi connectivity index (χ2n) is 0.624. The van der Waals surface area contributed by atoms with Crippen LogP contribution in [0.15, 0.2) is 0 Å². The first-order chi connectivity index (χ1) is 3.15. The first-order valence-electron chi connectivity index (χ1n) is 1.42. The monoisotopic (exact) mass is 120 g/mol. The van der Waals surface area contributed by atoms with E-state index in [2.05, 4.69) is 0 Å². The summed E-state index contributed by atoms with van der Waals surface area (Å²) < 4.78 is 15.7. The molecular weight excluding hydrogens is 115 g/mol. The molecule has 0 aliphatic carbocycles. The third-order valence-electron chi connectivity index (χ3n) is 0. The van der Waals surface area contributed by atoms with Crippen LogP contribution < -0.4 is 0 Å². The fourth-order valence-electron chi connectivity index (χ4n) is 0. The average Bonchev–Trinajstić information content (AvgIpc) is 1.33. The number of aliphatic carboxylic acids is 1. The van der Waals surface area contributed by atoms with Crippen LogP contribution in [0.25, 0.3) is 0 Å². The van der Waals surface area contributed by atoms with Gasteiger partial charge in [-0.15, -0.1) is 0 Å². The second kappa shape index (κ2) is 9.14. The summed E-state index contributed by atoms with van der Waals surface area (Å²) in [6, 6.07) is 0. The molecule has 0 amide bonds. The average molecular weight is 120 g/mol. The van der Waals surface area contributed by atoms with Crippen molar-refractivity contribution in [1.82, 2.24) is 0 Å². The summed E-state index contributed by atoms with van der Waals surface area (Å²) in [6.07, 6.45) is 0.